The molecule has 0 aromatic carbocycles. The molecule has 8 nitrogen and oxygen atoms in total. The van der Waals surface area contributed by atoms with Crippen molar-refractivity contribution in [2.45, 2.75) is 45.8 Å². The van der Waals surface area contributed by atoms with Gasteiger partial charge in [0, 0.05) is 51.0 Å². The second-order valence-corrected chi connectivity index (χ2v) is 5.75. The van der Waals surface area contributed by atoms with Gasteiger partial charge in [-0.25, -0.2) is 9.59 Å². The Kier molecular flexibility index (Phi) is 8.10. The van der Waals surface area contributed by atoms with Gasteiger partial charge in [-0.2, -0.15) is 0 Å². The highest BCUT2D eigenvalue weighted by Crippen LogP contribution is 2.24. The fourth-order valence-corrected chi connectivity index (χ4v) is 2.85. The summed E-state index contributed by atoms with van der Waals surface area (Å²) in [7, 11) is 1.21. The summed E-state index contributed by atoms with van der Waals surface area (Å²) in [4.78, 5) is 50.1. The number of nitrogens with zero attached hydrogens (tertiary/aromatic N) is 2. The van der Waals surface area contributed by atoms with Gasteiger partial charge in [-0.1, -0.05) is 0 Å². The number of carbonyl (C=O) groups is 4. The standard InChI is InChI=1S/C17H26N2O6/c1-5-18(6-2)15(21)10-13-9-14(11-19(13)12(3)20)25-17(23)8-7-16(22)24-4/h7-8,13-14H,5-6,9-11H2,1-4H3/b8-7+/t13-,14+/m0/s1. The molecule has 0 aliphatic carbocycles. The summed E-state index contributed by atoms with van der Waals surface area (Å²) < 4.78 is 9.65. The maximum Gasteiger partial charge on any atom is 0.331 e. The van der Waals surface area contributed by atoms with Crippen molar-refractivity contribution in [3.05, 3.63) is 12.2 Å². The maximum atomic E-state index is 12.3. The molecule has 8 heteroatoms. The third kappa shape index (κ3) is 6.21. The number of amides is 2. The highest BCUT2D eigenvalue weighted by Gasteiger charge is 2.37. The molecule has 140 valence electrons. The van der Waals surface area contributed by atoms with E-state index in [2.05, 4.69) is 4.74 Å². The highest BCUT2D eigenvalue weighted by molar-refractivity contribution is 5.91. The van der Waals surface area contributed by atoms with Crippen LogP contribution in [0.3, 0.4) is 0 Å². The maximum absolute atomic E-state index is 12.3. The number of ether oxygens (including phenoxy) is 2. The number of likely N-dealkylation sites (tertiary alicyclic amines) is 1. The zero-order valence-electron chi connectivity index (χ0n) is 15.2. The molecule has 0 bridgehead atoms. The van der Waals surface area contributed by atoms with Crippen molar-refractivity contribution in [3.63, 3.8) is 0 Å². The van der Waals surface area contributed by atoms with E-state index in [0.29, 0.717) is 19.5 Å². The number of methoxy groups -OCH3 is 1. The third-order valence-electron chi connectivity index (χ3n) is 4.15. The van der Waals surface area contributed by atoms with Crippen molar-refractivity contribution in [1.82, 2.24) is 9.80 Å². The molecule has 1 rings (SSSR count). The van der Waals surface area contributed by atoms with E-state index < -0.39 is 18.0 Å². The van der Waals surface area contributed by atoms with E-state index in [-0.39, 0.29) is 30.8 Å². The summed E-state index contributed by atoms with van der Waals surface area (Å²) in [6.07, 6.45) is 2.05. The topological polar surface area (TPSA) is 93.2 Å². The van der Waals surface area contributed by atoms with E-state index in [1.165, 1.54) is 14.0 Å². The molecule has 1 heterocycles. The van der Waals surface area contributed by atoms with Gasteiger partial charge in [0.15, 0.2) is 0 Å². The van der Waals surface area contributed by atoms with Gasteiger partial charge in [0.1, 0.15) is 6.10 Å². The molecule has 2 atom stereocenters. The number of hydrogen-bond acceptors (Lipinski definition) is 6. The Morgan fingerprint density at radius 3 is 2.24 bits per heavy atom. The Bertz CT molecular complexity index is 541. The van der Waals surface area contributed by atoms with E-state index in [4.69, 9.17) is 4.74 Å². The average molecular weight is 354 g/mol. The van der Waals surface area contributed by atoms with E-state index in [9.17, 15) is 19.2 Å². The molecule has 0 radical (unpaired) electrons. The molecule has 1 saturated heterocycles. The van der Waals surface area contributed by atoms with Crippen LogP contribution in [0.4, 0.5) is 0 Å². The normalized spacial score (nSPS) is 19.8. The zero-order chi connectivity index (χ0) is 19.0. The fourth-order valence-electron chi connectivity index (χ4n) is 2.85. The number of carbonyl (C=O) groups excluding carboxylic acids is 4. The Morgan fingerprint density at radius 2 is 1.72 bits per heavy atom. The molecule has 0 saturated carbocycles. The molecule has 1 aliphatic rings. The van der Waals surface area contributed by atoms with Gasteiger partial charge in [-0.3, -0.25) is 9.59 Å². The van der Waals surface area contributed by atoms with E-state index in [1.807, 2.05) is 13.8 Å². The lowest BCUT2D eigenvalue weighted by Gasteiger charge is -2.25. The molecular weight excluding hydrogens is 328 g/mol. The molecule has 25 heavy (non-hydrogen) atoms. The summed E-state index contributed by atoms with van der Waals surface area (Å²) in [6, 6.07) is -0.298. The minimum absolute atomic E-state index is 0.0289. The van der Waals surface area contributed by atoms with Gasteiger partial charge in [0.05, 0.1) is 13.7 Å². The van der Waals surface area contributed by atoms with Crippen LogP contribution in [0.25, 0.3) is 0 Å². The van der Waals surface area contributed by atoms with E-state index in [0.717, 1.165) is 12.2 Å². The van der Waals surface area contributed by atoms with Crippen LogP contribution >= 0.6 is 0 Å². The monoisotopic (exact) mass is 354 g/mol. The van der Waals surface area contributed by atoms with Crippen LogP contribution in [0.5, 0.6) is 0 Å². The summed E-state index contributed by atoms with van der Waals surface area (Å²) in [5.74, 6) is -1.54. The fraction of sp³-hybridized carbons (Fsp3) is 0.647. The average Bonchev–Trinajstić information content (AvgIpc) is 2.96. The van der Waals surface area contributed by atoms with Gasteiger partial charge < -0.3 is 19.3 Å². The van der Waals surface area contributed by atoms with Crippen LogP contribution in [0.15, 0.2) is 12.2 Å². The van der Waals surface area contributed by atoms with Crippen molar-refractivity contribution in [3.8, 4) is 0 Å². The molecule has 1 fully saturated rings. The minimum atomic E-state index is -0.686. The first-order chi connectivity index (χ1) is 11.8. The second kappa shape index (κ2) is 9.80. The lowest BCUT2D eigenvalue weighted by molar-refractivity contribution is -0.144. The SMILES string of the molecule is CCN(CC)C(=O)C[C@@H]1C[C@@H](OC(=O)/C=C/C(=O)OC)CN1C(C)=O. The first-order valence-electron chi connectivity index (χ1n) is 8.33. The molecular formula is C17H26N2O6. The molecule has 0 unspecified atom stereocenters. The third-order valence-corrected chi connectivity index (χ3v) is 4.15. The van der Waals surface area contributed by atoms with Crippen molar-refractivity contribution < 1.29 is 28.7 Å². The van der Waals surface area contributed by atoms with Gasteiger partial charge in [0.25, 0.3) is 0 Å². The molecule has 0 N–H and O–H groups in total. The second-order valence-electron chi connectivity index (χ2n) is 5.75. The van der Waals surface area contributed by atoms with Gasteiger partial charge in [-0.15, -0.1) is 0 Å². The van der Waals surface area contributed by atoms with Crippen LogP contribution < -0.4 is 0 Å². The van der Waals surface area contributed by atoms with Crippen molar-refractivity contribution in [1.29, 1.82) is 0 Å². The Hall–Kier alpha value is -2.38. The molecule has 2 amide bonds. The van der Waals surface area contributed by atoms with Gasteiger partial charge >= 0.3 is 11.9 Å². The van der Waals surface area contributed by atoms with E-state index >= 15 is 0 Å². The molecule has 0 spiro atoms. The lowest BCUT2D eigenvalue weighted by atomic mass is 10.1. The largest absolute Gasteiger partial charge is 0.466 e. The zero-order valence-corrected chi connectivity index (χ0v) is 15.2. The predicted octanol–water partition coefficient (Wildman–Crippen LogP) is 0.507. The summed E-state index contributed by atoms with van der Waals surface area (Å²) in [5.41, 5.74) is 0. The molecule has 1 aliphatic heterocycles. The Morgan fingerprint density at radius 1 is 1.12 bits per heavy atom. The van der Waals surface area contributed by atoms with Crippen LogP contribution in [-0.2, 0) is 28.7 Å². The lowest BCUT2D eigenvalue weighted by Crippen LogP contribution is -2.39. The van der Waals surface area contributed by atoms with Crippen molar-refractivity contribution >= 4 is 23.8 Å². The summed E-state index contributed by atoms with van der Waals surface area (Å²) in [6.45, 7) is 6.69. The Labute approximate surface area is 147 Å². The quantitative estimate of drug-likeness (QED) is 0.488. The van der Waals surface area contributed by atoms with Crippen LogP contribution in [0, 0.1) is 0 Å². The predicted molar refractivity (Wildman–Crippen MR) is 89.4 cm³/mol. The smallest absolute Gasteiger partial charge is 0.331 e. The molecule has 0 aromatic rings. The highest BCUT2D eigenvalue weighted by atomic mass is 16.5. The summed E-state index contributed by atoms with van der Waals surface area (Å²) >= 11 is 0. The first kappa shape index (κ1) is 20.7. The Balaban J connectivity index is 2.68. The number of hydrogen-bond donors (Lipinski definition) is 0. The van der Waals surface area contributed by atoms with Crippen LogP contribution in [0.1, 0.15) is 33.6 Å². The van der Waals surface area contributed by atoms with E-state index in [1.54, 1.807) is 9.80 Å². The first-order valence-corrected chi connectivity index (χ1v) is 8.33. The summed E-state index contributed by atoms with van der Waals surface area (Å²) in [5, 5.41) is 0. The van der Waals surface area contributed by atoms with Crippen molar-refractivity contribution in [2.75, 3.05) is 26.7 Å². The van der Waals surface area contributed by atoms with Crippen molar-refractivity contribution in [2.24, 2.45) is 0 Å². The van der Waals surface area contributed by atoms with Gasteiger partial charge in [-0.05, 0) is 13.8 Å². The number of esters is 2. The van der Waals surface area contributed by atoms with Crippen LogP contribution in [0.2, 0.25) is 0 Å². The van der Waals surface area contributed by atoms with Crippen LogP contribution in [-0.4, -0.2) is 72.4 Å². The number of rotatable bonds is 7. The minimum Gasteiger partial charge on any atom is -0.466 e. The molecule has 0 aromatic heterocycles. The van der Waals surface area contributed by atoms with Gasteiger partial charge in [0.2, 0.25) is 11.8 Å².